The van der Waals surface area contributed by atoms with Crippen LogP contribution >= 0.6 is 0 Å². The number of hydrogen-bond acceptors (Lipinski definition) is 4. The number of nitrogens with one attached hydrogen (secondary N) is 1. The minimum Gasteiger partial charge on any atom is -0.481 e. The molecule has 6 heteroatoms. The molecule has 0 aromatic carbocycles. The van der Waals surface area contributed by atoms with Crippen molar-refractivity contribution in [3.05, 3.63) is 30.7 Å². The maximum atomic E-state index is 10.9. The molecule has 0 saturated heterocycles. The predicted molar refractivity (Wildman–Crippen MR) is 70.8 cm³/mol. The summed E-state index contributed by atoms with van der Waals surface area (Å²) in [6.45, 7) is 0. The van der Waals surface area contributed by atoms with E-state index in [-0.39, 0.29) is 6.04 Å². The van der Waals surface area contributed by atoms with Gasteiger partial charge in [0.15, 0.2) is 5.82 Å². The highest BCUT2D eigenvalue weighted by Crippen LogP contribution is 2.24. The van der Waals surface area contributed by atoms with E-state index in [4.69, 9.17) is 5.11 Å². The van der Waals surface area contributed by atoms with Gasteiger partial charge >= 0.3 is 5.97 Å². The lowest BCUT2D eigenvalue weighted by Gasteiger charge is -2.13. The third kappa shape index (κ3) is 2.05. The summed E-state index contributed by atoms with van der Waals surface area (Å²) in [4.78, 5) is 19.5. The first-order valence-corrected chi connectivity index (χ1v) is 6.09. The van der Waals surface area contributed by atoms with E-state index in [0.29, 0.717) is 12.2 Å². The molecule has 0 saturated carbocycles. The summed E-state index contributed by atoms with van der Waals surface area (Å²) in [5.74, 6) is -0.510. The van der Waals surface area contributed by atoms with Crippen LogP contribution in [-0.4, -0.2) is 31.7 Å². The average molecular weight is 258 g/mol. The highest BCUT2D eigenvalue weighted by molar-refractivity contribution is 5.86. The van der Waals surface area contributed by atoms with Crippen molar-refractivity contribution in [1.82, 2.24) is 14.5 Å². The fourth-order valence-corrected chi connectivity index (χ4v) is 2.33. The van der Waals surface area contributed by atoms with Crippen LogP contribution < -0.4 is 5.32 Å². The van der Waals surface area contributed by atoms with E-state index in [1.807, 2.05) is 23.8 Å². The average Bonchev–Trinajstić information content (AvgIpc) is 2.98. The monoisotopic (exact) mass is 258 g/mol. The Morgan fingerprint density at radius 2 is 2.32 bits per heavy atom. The molecule has 2 aromatic rings. The van der Waals surface area contributed by atoms with Crippen molar-refractivity contribution in [3.8, 4) is 0 Å². The number of nitrogens with zero attached hydrogens (tertiary/aromatic N) is 3. The SMILES string of the molecule is Cn1cnc2c(NC3C=CC(C(=O)O)C3)nccc21. The second-order valence-corrected chi connectivity index (χ2v) is 4.70. The van der Waals surface area contributed by atoms with E-state index in [1.54, 1.807) is 18.6 Å². The lowest BCUT2D eigenvalue weighted by Crippen LogP contribution is -2.19. The smallest absolute Gasteiger partial charge is 0.310 e. The Labute approximate surface area is 109 Å². The summed E-state index contributed by atoms with van der Waals surface area (Å²) >= 11 is 0. The maximum absolute atomic E-state index is 10.9. The van der Waals surface area contributed by atoms with Crippen LogP contribution in [0.3, 0.4) is 0 Å². The lowest BCUT2D eigenvalue weighted by atomic mass is 10.1. The first-order valence-electron chi connectivity index (χ1n) is 6.09. The van der Waals surface area contributed by atoms with Crippen LogP contribution in [0.2, 0.25) is 0 Å². The van der Waals surface area contributed by atoms with E-state index >= 15 is 0 Å². The largest absolute Gasteiger partial charge is 0.481 e. The van der Waals surface area contributed by atoms with Gasteiger partial charge in [0.1, 0.15) is 5.52 Å². The van der Waals surface area contributed by atoms with Crippen LogP contribution in [0, 0.1) is 5.92 Å². The van der Waals surface area contributed by atoms with Gasteiger partial charge in [0.05, 0.1) is 17.8 Å². The molecule has 0 fully saturated rings. The van der Waals surface area contributed by atoms with Crippen molar-refractivity contribution in [2.24, 2.45) is 13.0 Å². The molecule has 2 heterocycles. The molecular formula is C13H14N4O2. The Hall–Kier alpha value is -2.37. The van der Waals surface area contributed by atoms with E-state index < -0.39 is 11.9 Å². The number of imidazole rings is 1. The van der Waals surface area contributed by atoms with Crippen molar-refractivity contribution in [2.75, 3.05) is 5.32 Å². The molecule has 0 bridgehead atoms. The summed E-state index contributed by atoms with van der Waals surface area (Å²) in [5, 5.41) is 12.2. The van der Waals surface area contributed by atoms with Crippen LogP contribution in [0.1, 0.15) is 6.42 Å². The molecule has 1 aliphatic carbocycles. The molecule has 0 radical (unpaired) electrons. The number of carbonyl (C=O) groups is 1. The molecule has 3 rings (SSSR count). The zero-order valence-electron chi connectivity index (χ0n) is 10.4. The zero-order chi connectivity index (χ0) is 13.4. The van der Waals surface area contributed by atoms with Crippen molar-refractivity contribution < 1.29 is 9.90 Å². The second-order valence-electron chi connectivity index (χ2n) is 4.70. The summed E-state index contributed by atoms with van der Waals surface area (Å²) in [5.41, 5.74) is 1.80. The molecule has 2 atom stereocenters. The predicted octanol–water partition coefficient (Wildman–Crippen LogP) is 1.41. The van der Waals surface area contributed by atoms with Crippen molar-refractivity contribution in [1.29, 1.82) is 0 Å². The van der Waals surface area contributed by atoms with Gasteiger partial charge in [-0.05, 0) is 12.5 Å². The minimum absolute atomic E-state index is 0.0128. The van der Waals surface area contributed by atoms with Crippen molar-refractivity contribution in [3.63, 3.8) is 0 Å². The van der Waals surface area contributed by atoms with Gasteiger partial charge in [-0.25, -0.2) is 9.97 Å². The molecule has 19 heavy (non-hydrogen) atoms. The number of aliphatic carboxylic acids is 1. The fraction of sp³-hybridized carbons (Fsp3) is 0.308. The van der Waals surface area contributed by atoms with Crippen molar-refractivity contribution in [2.45, 2.75) is 12.5 Å². The summed E-state index contributed by atoms with van der Waals surface area (Å²) in [6, 6.07) is 1.89. The number of carboxylic acid groups (broad SMARTS) is 1. The molecule has 0 spiro atoms. The van der Waals surface area contributed by atoms with Gasteiger partial charge in [-0.1, -0.05) is 12.2 Å². The van der Waals surface area contributed by atoms with Crippen LogP contribution in [-0.2, 0) is 11.8 Å². The molecule has 98 valence electrons. The van der Waals surface area contributed by atoms with Crippen LogP contribution in [0.25, 0.3) is 11.0 Å². The van der Waals surface area contributed by atoms with E-state index in [2.05, 4.69) is 15.3 Å². The van der Waals surface area contributed by atoms with Gasteiger partial charge in [-0.2, -0.15) is 0 Å². The second kappa shape index (κ2) is 4.38. The quantitative estimate of drug-likeness (QED) is 0.814. The summed E-state index contributed by atoms with van der Waals surface area (Å²) < 4.78 is 1.92. The number of anilines is 1. The zero-order valence-corrected chi connectivity index (χ0v) is 10.4. The van der Waals surface area contributed by atoms with Gasteiger partial charge < -0.3 is 15.0 Å². The van der Waals surface area contributed by atoms with Gasteiger partial charge in [0.25, 0.3) is 0 Å². The van der Waals surface area contributed by atoms with Gasteiger partial charge in [0.2, 0.25) is 0 Å². The standard InChI is InChI=1S/C13H14N4O2/c1-17-7-15-11-10(17)4-5-14-12(11)16-9-3-2-8(6-9)13(18)19/h2-5,7-9H,6H2,1H3,(H,14,16)(H,18,19). The normalized spacial score (nSPS) is 21.9. The Morgan fingerprint density at radius 3 is 3.05 bits per heavy atom. The van der Waals surface area contributed by atoms with Crippen LogP contribution in [0.15, 0.2) is 30.7 Å². The Morgan fingerprint density at radius 1 is 1.47 bits per heavy atom. The summed E-state index contributed by atoms with van der Waals surface area (Å²) in [6.07, 6.45) is 7.60. The number of carboxylic acids is 1. The van der Waals surface area contributed by atoms with Crippen LogP contribution in [0.4, 0.5) is 5.82 Å². The first kappa shape index (κ1) is 11.7. The molecule has 0 amide bonds. The molecule has 0 aliphatic heterocycles. The number of pyridine rings is 1. The number of rotatable bonds is 3. The number of fused-ring (bicyclic) bond motifs is 1. The molecule has 2 unspecified atom stereocenters. The number of hydrogen-bond donors (Lipinski definition) is 2. The van der Waals surface area contributed by atoms with Gasteiger partial charge in [-0.3, -0.25) is 4.79 Å². The summed E-state index contributed by atoms with van der Waals surface area (Å²) in [7, 11) is 1.93. The maximum Gasteiger partial charge on any atom is 0.310 e. The van der Waals surface area contributed by atoms with E-state index in [9.17, 15) is 4.79 Å². The molecule has 1 aliphatic rings. The number of aromatic nitrogens is 3. The van der Waals surface area contributed by atoms with Crippen LogP contribution in [0.5, 0.6) is 0 Å². The Balaban J connectivity index is 1.83. The molecule has 2 N–H and O–H groups in total. The third-order valence-electron chi connectivity index (χ3n) is 3.37. The molecule has 6 nitrogen and oxygen atoms in total. The third-order valence-corrected chi connectivity index (χ3v) is 3.37. The van der Waals surface area contributed by atoms with E-state index in [0.717, 1.165) is 11.0 Å². The fourth-order valence-electron chi connectivity index (χ4n) is 2.33. The molecule has 2 aromatic heterocycles. The highest BCUT2D eigenvalue weighted by Gasteiger charge is 2.25. The number of aryl methyl sites for hydroxylation is 1. The first-order chi connectivity index (χ1) is 9.15. The van der Waals surface area contributed by atoms with Gasteiger partial charge in [-0.15, -0.1) is 0 Å². The van der Waals surface area contributed by atoms with Gasteiger partial charge in [0, 0.05) is 19.3 Å². The minimum atomic E-state index is -0.787. The lowest BCUT2D eigenvalue weighted by molar-refractivity contribution is -0.140. The Bertz CT molecular complexity index is 662. The topological polar surface area (TPSA) is 80.0 Å². The van der Waals surface area contributed by atoms with Crippen molar-refractivity contribution >= 4 is 22.8 Å². The Kier molecular flexibility index (Phi) is 2.70. The molecular weight excluding hydrogens is 244 g/mol. The highest BCUT2D eigenvalue weighted by atomic mass is 16.4. The van der Waals surface area contributed by atoms with E-state index in [1.165, 1.54) is 0 Å².